The molecule has 0 bridgehead atoms. The van der Waals surface area contributed by atoms with E-state index in [0.29, 0.717) is 0 Å². The molecule has 0 aliphatic heterocycles. The summed E-state index contributed by atoms with van der Waals surface area (Å²) in [7, 11) is 2.35. The first-order chi connectivity index (χ1) is 7.54. The molecule has 6 nitrogen and oxygen atoms in total. The normalized spacial score (nSPS) is 11.8. The van der Waals surface area contributed by atoms with Gasteiger partial charge in [0.25, 0.3) is 0 Å². The number of allylic oxidation sites excluding steroid dienone is 3. The number of rotatable bonds is 3. The van der Waals surface area contributed by atoms with Crippen LogP contribution in [0.1, 0.15) is 13.8 Å². The number of ether oxygens (including phenoxy) is 4. The van der Waals surface area contributed by atoms with Crippen molar-refractivity contribution in [2.75, 3.05) is 14.2 Å². The molecule has 0 atom stereocenters. The van der Waals surface area contributed by atoms with Crippen LogP contribution in [0.2, 0.25) is 0 Å². The lowest BCUT2D eigenvalue weighted by Gasteiger charge is -2.07. The van der Waals surface area contributed by atoms with E-state index in [1.54, 1.807) is 13.0 Å². The number of hydrogen-bond donors (Lipinski definition) is 0. The predicted octanol–water partition coefficient (Wildman–Crippen LogP) is 2.36. The first-order valence-corrected chi connectivity index (χ1v) is 4.40. The number of carbonyl (C=O) groups excluding carboxylic acids is 2. The molecule has 0 aromatic carbocycles. The standard InChI is InChI=1S/C10H14O6/c1-5-6-8(16-10(12)14-4)7(2)15-9(11)13-3/h5-6H,1-4H3/b6-5-,8-7-. The second-order valence-corrected chi connectivity index (χ2v) is 2.53. The summed E-state index contributed by atoms with van der Waals surface area (Å²) in [6.07, 6.45) is 1.27. The highest BCUT2D eigenvalue weighted by atomic mass is 16.7. The molecule has 0 spiro atoms. The van der Waals surface area contributed by atoms with E-state index in [9.17, 15) is 9.59 Å². The summed E-state index contributed by atoms with van der Waals surface area (Å²) in [5.41, 5.74) is 0. The fourth-order valence-corrected chi connectivity index (χ4v) is 0.723. The second-order valence-electron chi connectivity index (χ2n) is 2.53. The molecule has 0 saturated carbocycles. The zero-order chi connectivity index (χ0) is 12.6. The molecule has 0 aromatic rings. The Balaban J connectivity index is 4.78. The maximum Gasteiger partial charge on any atom is 0.513 e. The van der Waals surface area contributed by atoms with Crippen molar-refractivity contribution >= 4 is 12.3 Å². The van der Waals surface area contributed by atoms with Crippen LogP contribution in [0.3, 0.4) is 0 Å². The van der Waals surface area contributed by atoms with Gasteiger partial charge in [-0.05, 0) is 19.9 Å². The van der Waals surface area contributed by atoms with Gasteiger partial charge in [0, 0.05) is 0 Å². The highest BCUT2D eigenvalue weighted by Gasteiger charge is 2.12. The Hall–Kier alpha value is -1.98. The van der Waals surface area contributed by atoms with Crippen LogP contribution in [0.5, 0.6) is 0 Å². The topological polar surface area (TPSA) is 71.1 Å². The Bertz CT molecular complexity index is 315. The van der Waals surface area contributed by atoms with E-state index in [2.05, 4.69) is 9.47 Å². The molecule has 0 rings (SSSR count). The third kappa shape index (κ3) is 5.04. The lowest BCUT2D eigenvalue weighted by molar-refractivity contribution is 0.0808. The molecule has 0 aliphatic carbocycles. The van der Waals surface area contributed by atoms with Crippen molar-refractivity contribution in [2.24, 2.45) is 0 Å². The van der Waals surface area contributed by atoms with Gasteiger partial charge >= 0.3 is 12.3 Å². The summed E-state index contributed by atoms with van der Waals surface area (Å²) in [6, 6.07) is 0. The van der Waals surface area contributed by atoms with Gasteiger partial charge in [-0.1, -0.05) is 6.08 Å². The fraction of sp³-hybridized carbons (Fsp3) is 0.400. The van der Waals surface area contributed by atoms with Gasteiger partial charge in [0.1, 0.15) is 0 Å². The van der Waals surface area contributed by atoms with Crippen LogP contribution in [-0.4, -0.2) is 26.5 Å². The van der Waals surface area contributed by atoms with E-state index < -0.39 is 12.3 Å². The molecule has 0 unspecified atom stereocenters. The van der Waals surface area contributed by atoms with Crippen LogP contribution in [0.15, 0.2) is 23.7 Å². The SMILES string of the molecule is C/C=C\C(OC(=O)OC)=C(/C)OC(=O)OC. The second kappa shape index (κ2) is 7.33. The smallest absolute Gasteiger partial charge is 0.437 e. The van der Waals surface area contributed by atoms with Gasteiger partial charge < -0.3 is 18.9 Å². The van der Waals surface area contributed by atoms with E-state index in [-0.39, 0.29) is 11.5 Å². The molecule has 0 fully saturated rings. The van der Waals surface area contributed by atoms with Gasteiger partial charge in [-0.15, -0.1) is 0 Å². The summed E-state index contributed by atoms with van der Waals surface area (Å²) in [6.45, 7) is 3.17. The summed E-state index contributed by atoms with van der Waals surface area (Å²) >= 11 is 0. The Kier molecular flexibility index (Phi) is 6.42. The van der Waals surface area contributed by atoms with Gasteiger partial charge in [0.05, 0.1) is 14.2 Å². The van der Waals surface area contributed by atoms with Gasteiger partial charge in [-0.3, -0.25) is 0 Å². The average molecular weight is 230 g/mol. The predicted molar refractivity (Wildman–Crippen MR) is 54.5 cm³/mol. The third-order valence-electron chi connectivity index (χ3n) is 1.43. The molecule has 0 heterocycles. The van der Waals surface area contributed by atoms with E-state index in [1.807, 2.05) is 0 Å². The molecule has 0 saturated heterocycles. The minimum absolute atomic E-state index is 0.0692. The maximum atomic E-state index is 10.9. The Labute approximate surface area is 93.4 Å². The van der Waals surface area contributed by atoms with Crippen LogP contribution < -0.4 is 0 Å². The average Bonchev–Trinajstić information content (AvgIpc) is 2.27. The number of methoxy groups -OCH3 is 2. The van der Waals surface area contributed by atoms with Crippen molar-refractivity contribution in [3.8, 4) is 0 Å². The summed E-state index contributed by atoms with van der Waals surface area (Å²) in [5, 5.41) is 0. The highest BCUT2D eigenvalue weighted by Crippen LogP contribution is 2.11. The van der Waals surface area contributed by atoms with Crippen LogP contribution in [0.4, 0.5) is 9.59 Å². The van der Waals surface area contributed by atoms with E-state index in [4.69, 9.17) is 9.47 Å². The Morgan fingerprint density at radius 3 is 1.94 bits per heavy atom. The van der Waals surface area contributed by atoms with E-state index >= 15 is 0 Å². The van der Waals surface area contributed by atoms with Crippen LogP contribution >= 0.6 is 0 Å². The van der Waals surface area contributed by atoms with Gasteiger partial charge in [0.15, 0.2) is 11.5 Å². The molecular weight excluding hydrogens is 216 g/mol. The lowest BCUT2D eigenvalue weighted by atomic mass is 10.4. The number of carbonyl (C=O) groups is 2. The quantitative estimate of drug-likeness (QED) is 0.421. The van der Waals surface area contributed by atoms with Crippen molar-refractivity contribution in [1.82, 2.24) is 0 Å². The van der Waals surface area contributed by atoms with E-state index in [1.165, 1.54) is 27.2 Å². The third-order valence-corrected chi connectivity index (χ3v) is 1.43. The molecule has 0 aromatic heterocycles. The first-order valence-electron chi connectivity index (χ1n) is 4.40. The molecule has 0 N–H and O–H groups in total. The zero-order valence-electron chi connectivity index (χ0n) is 9.60. The van der Waals surface area contributed by atoms with Crippen LogP contribution in [0.25, 0.3) is 0 Å². The van der Waals surface area contributed by atoms with Gasteiger partial charge in [0.2, 0.25) is 0 Å². The Morgan fingerprint density at radius 2 is 1.50 bits per heavy atom. The van der Waals surface area contributed by atoms with Crippen molar-refractivity contribution in [3.05, 3.63) is 23.7 Å². The van der Waals surface area contributed by atoms with Crippen LogP contribution in [0, 0.1) is 0 Å². The highest BCUT2D eigenvalue weighted by molar-refractivity contribution is 5.63. The minimum atomic E-state index is -0.902. The molecule has 0 amide bonds. The van der Waals surface area contributed by atoms with E-state index in [0.717, 1.165) is 0 Å². The van der Waals surface area contributed by atoms with Crippen molar-refractivity contribution in [1.29, 1.82) is 0 Å². The van der Waals surface area contributed by atoms with Crippen molar-refractivity contribution in [2.45, 2.75) is 13.8 Å². The molecule has 0 radical (unpaired) electrons. The largest absolute Gasteiger partial charge is 0.513 e. The summed E-state index contributed by atoms with van der Waals surface area (Å²) < 4.78 is 18.0. The maximum absolute atomic E-state index is 10.9. The molecule has 6 heteroatoms. The summed E-state index contributed by atoms with van der Waals surface area (Å²) in [5.74, 6) is 0.162. The minimum Gasteiger partial charge on any atom is -0.437 e. The Morgan fingerprint density at radius 1 is 1.00 bits per heavy atom. The summed E-state index contributed by atoms with van der Waals surface area (Å²) in [4.78, 5) is 21.7. The molecular formula is C10H14O6. The van der Waals surface area contributed by atoms with Gasteiger partial charge in [-0.25, -0.2) is 9.59 Å². The van der Waals surface area contributed by atoms with Crippen LogP contribution in [-0.2, 0) is 18.9 Å². The van der Waals surface area contributed by atoms with Crippen molar-refractivity contribution in [3.63, 3.8) is 0 Å². The molecule has 0 aliphatic rings. The lowest BCUT2D eigenvalue weighted by Crippen LogP contribution is -2.08. The first kappa shape index (κ1) is 14.0. The van der Waals surface area contributed by atoms with Gasteiger partial charge in [-0.2, -0.15) is 0 Å². The monoisotopic (exact) mass is 230 g/mol. The van der Waals surface area contributed by atoms with Crippen molar-refractivity contribution < 1.29 is 28.5 Å². The molecule has 90 valence electrons. The number of hydrogen-bond acceptors (Lipinski definition) is 6. The molecule has 16 heavy (non-hydrogen) atoms. The fourth-order valence-electron chi connectivity index (χ4n) is 0.723. The zero-order valence-corrected chi connectivity index (χ0v) is 9.60.